The van der Waals surface area contributed by atoms with E-state index in [0.717, 1.165) is 62.1 Å². The van der Waals surface area contributed by atoms with Gasteiger partial charge in [0.15, 0.2) is 0 Å². The number of nitrogens with one attached hydrogen (secondary N) is 1. The average molecular weight is 490 g/mol. The zero-order valence-corrected chi connectivity index (χ0v) is 20.6. The second-order valence-corrected chi connectivity index (χ2v) is 9.90. The van der Waals surface area contributed by atoms with E-state index < -0.39 is 0 Å². The molecule has 0 fully saturated rings. The molecule has 38 heavy (non-hydrogen) atoms. The van der Waals surface area contributed by atoms with Crippen LogP contribution in [0.2, 0.25) is 0 Å². The number of nitrogens with zero attached hydrogens (tertiary/aromatic N) is 2. The molecule has 180 valence electrons. The second kappa shape index (κ2) is 8.02. The molecule has 0 atom stereocenters. The van der Waals surface area contributed by atoms with E-state index in [2.05, 4.69) is 59.6 Å². The highest BCUT2D eigenvalue weighted by molar-refractivity contribution is 6.29. The fourth-order valence-electron chi connectivity index (χ4n) is 6.07. The average Bonchev–Trinajstić information content (AvgIpc) is 3.52. The van der Waals surface area contributed by atoms with Gasteiger partial charge in [0.2, 0.25) is 5.96 Å². The fraction of sp³-hybridized carbons (Fsp3) is 0.0588. The van der Waals surface area contributed by atoms with Crippen LogP contribution in [0.15, 0.2) is 106 Å². The number of rotatable bonds is 1. The summed E-state index contributed by atoms with van der Waals surface area (Å²) in [6.45, 7) is 0. The van der Waals surface area contributed by atoms with Crippen LogP contribution >= 0.6 is 0 Å². The first-order chi connectivity index (χ1) is 18.8. The molecule has 4 nitrogen and oxygen atoms in total. The SMILES string of the molecule is N=C(N=Cc1ccccc1)n1c2ccccc2c2c3oc4ccc5ccc6c(c5c4c3ccc21)C=CCC6. The van der Waals surface area contributed by atoms with Crippen molar-refractivity contribution in [2.75, 3.05) is 0 Å². The van der Waals surface area contributed by atoms with Crippen LogP contribution in [-0.2, 0) is 6.42 Å². The maximum Gasteiger partial charge on any atom is 0.227 e. The summed E-state index contributed by atoms with van der Waals surface area (Å²) in [7, 11) is 0. The lowest BCUT2D eigenvalue weighted by Crippen LogP contribution is -2.07. The van der Waals surface area contributed by atoms with E-state index in [1.54, 1.807) is 6.21 Å². The zero-order chi connectivity index (χ0) is 25.2. The first-order valence-electron chi connectivity index (χ1n) is 13.0. The third kappa shape index (κ3) is 2.97. The predicted molar refractivity (Wildman–Crippen MR) is 159 cm³/mol. The monoisotopic (exact) mass is 489 g/mol. The summed E-state index contributed by atoms with van der Waals surface area (Å²) in [6.07, 6.45) is 8.44. The number of benzene rings is 5. The molecular formula is C34H23N3O. The van der Waals surface area contributed by atoms with E-state index in [0.29, 0.717) is 0 Å². The Morgan fingerprint density at radius 3 is 2.55 bits per heavy atom. The molecule has 0 saturated heterocycles. The van der Waals surface area contributed by atoms with Crippen LogP contribution in [0.4, 0.5) is 0 Å². The van der Waals surface area contributed by atoms with E-state index in [1.165, 1.54) is 21.9 Å². The molecule has 0 aliphatic heterocycles. The largest absolute Gasteiger partial charge is 0.455 e. The Labute approximate surface area is 218 Å². The van der Waals surface area contributed by atoms with Crippen LogP contribution < -0.4 is 0 Å². The first-order valence-corrected chi connectivity index (χ1v) is 13.0. The van der Waals surface area contributed by atoms with Crippen molar-refractivity contribution in [3.8, 4) is 0 Å². The van der Waals surface area contributed by atoms with E-state index in [9.17, 15) is 0 Å². The first kappa shape index (κ1) is 21.2. The number of hydrogen-bond donors (Lipinski definition) is 1. The molecule has 2 aromatic heterocycles. The van der Waals surface area contributed by atoms with Crippen molar-refractivity contribution >= 4 is 72.8 Å². The van der Waals surface area contributed by atoms with Crippen LogP contribution in [-0.4, -0.2) is 16.7 Å². The minimum absolute atomic E-state index is 0.167. The van der Waals surface area contributed by atoms with Gasteiger partial charge < -0.3 is 4.42 Å². The molecule has 2 heterocycles. The topological polar surface area (TPSA) is 54.3 Å². The summed E-state index contributed by atoms with van der Waals surface area (Å²) in [5.74, 6) is 0.167. The number of aromatic nitrogens is 1. The molecule has 0 bridgehead atoms. The molecule has 5 aromatic carbocycles. The number of allylic oxidation sites excluding steroid dienone is 1. The van der Waals surface area contributed by atoms with Gasteiger partial charge in [-0.1, -0.05) is 78.9 Å². The van der Waals surface area contributed by atoms with Gasteiger partial charge in [0.25, 0.3) is 0 Å². The van der Waals surface area contributed by atoms with Gasteiger partial charge in [-0.3, -0.25) is 9.98 Å². The van der Waals surface area contributed by atoms with E-state index >= 15 is 0 Å². The number of fused-ring (bicyclic) bond motifs is 11. The van der Waals surface area contributed by atoms with E-state index in [-0.39, 0.29) is 5.96 Å². The van der Waals surface area contributed by atoms with Crippen LogP contribution in [0.3, 0.4) is 0 Å². The number of para-hydroxylation sites is 1. The highest BCUT2D eigenvalue weighted by atomic mass is 16.3. The standard InChI is InChI=1S/C34H23N3O/c35-34(36-20-21-8-2-1-3-9-21)37-27-13-7-6-12-25(27)31-28(37)18-17-26-32-29(38-33(26)31)19-16-23-15-14-22-10-4-5-11-24(22)30(23)32/h1-3,5-9,11-20,35H,4,10H2. The van der Waals surface area contributed by atoms with Crippen molar-refractivity contribution in [3.05, 3.63) is 114 Å². The van der Waals surface area contributed by atoms with E-state index in [4.69, 9.17) is 9.83 Å². The molecule has 4 heteroatoms. The molecule has 0 saturated carbocycles. The number of aliphatic imine (C=N–C) groups is 1. The molecule has 0 radical (unpaired) electrons. The van der Waals surface area contributed by atoms with Gasteiger partial charge in [0.1, 0.15) is 11.2 Å². The summed E-state index contributed by atoms with van der Waals surface area (Å²) in [5.41, 5.74) is 7.27. The third-order valence-corrected chi connectivity index (χ3v) is 7.76. The highest BCUT2D eigenvalue weighted by Crippen LogP contribution is 2.43. The zero-order valence-electron chi connectivity index (χ0n) is 20.6. The van der Waals surface area contributed by atoms with Crippen molar-refractivity contribution in [1.82, 2.24) is 4.57 Å². The van der Waals surface area contributed by atoms with Crippen LogP contribution in [0.1, 0.15) is 23.1 Å². The van der Waals surface area contributed by atoms with Crippen molar-refractivity contribution in [2.45, 2.75) is 12.8 Å². The molecule has 7 aromatic rings. The minimum atomic E-state index is 0.167. The Morgan fingerprint density at radius 2 is 1.63 bits per heavy atom. The Kier molecular flexibility index (Phi) is 4.47. The van der Waals surface area contributed by atoms with Crippen LogP contribution in [0.5, 0.6) is 0 Å². The van der Waals surface area contributed by atoms with Crippen LogP contribution in [0, 0.1) is 5.41 Å². The lowest BCUT2D eigenvalue weighted by atomic mass is 9.90. The summed E-state index contributed by atoms with van der Waals surface area (Å²) >= 11 is 0. The predicted octanol–water partition coefficient (Wildman–Crippen LogP) is 8.71. The van der Waals surface area contributed by atoms with Gasteiger partial charge in [-0.15, -0.1) is 0 Å². The third-order valence-electron chi connectivity index (χ3n) is 7.76. The van der Waals surface area contributed by atoms with Crippen molar-refractivity contribution in [1.29, 1.82) is 5.41 Å². The number of aryl methyl sites for hydroxylation is 1. The lowest BCUT2D eigenvalue weighted by Gasteiger charge is -2.14. The molecule has 1 aliphatic carbocycles. The van der Waals surface area contributed by atoms with Gasteiger partial charge in [-0.2, -0.15) is 0 Å². The Bertz CT molecular complexity index is 2140. The van der Waals surface area contributed by atoms with Crippen LogP contribution in [0.25, 0.3) is 60.6 Å². The van der Waals surface area contributed by atoms with Gasteiger partial charge in [-0.05, 0) is 59.2 Å². The quantitative estimate of drug-likeness (QED) is 0.182. The van der Waals surface area contributed by atoms with Gasteiger partial charge in [0.05, 0.1) is 16.4 Å². The Balaban J connectivity index is 1.44. The Morgan fingerprint density at radius 1 is 0.789 bits per heavy atom. The van der Waals surface area contributed by atoms with Gasteiger partial charge >= 0.3 is 0 Å². The summed E-state index contributed by atoms with van der Waals surface area (Å²) in [4.78, 5) is 4.53. The lowest BCUT2D eigenvalue weighted by molar-refractivity contribution is 0.673. The maximum absolute atomic E-state index is 8.91. The molecule has 1 N–H and O–H groups in total. The molecule has 0 unspecified atom stereocenters. The molecular weight excluding hydrogens is 466 g/mol. The highest BCUT2D eigenvalue weighted by Gasteiger charge is 2.21. The molecule has 8 rings (SSSR count). The molecule has 0 spiro atoms. The normalized spacial score (nSPS) is 13.5. The Hall–Kier alpha value is -4.96. The second-order valence-electron chi connectivity index (χ2n) is 9.90. The van der Waals surface area contributed by atoms with Gasteiger partial charge in [0, 0.05) is 27.8 Å². The summed E-state index contributed by atoms with van der Waals surface area (Å²) in [6, 6.07) is 31.1. The summed E-state index contributed by atoms with van der Waals surface area (Å²) < 4.78 is 8.57. The van der Waals surface area contributed by atoms with Crippen molar-refractivity contribution in [3.63, 3.8) is 0 Å². The smallest absolute Gasteiger partial charge is 0.227 e. The van der Waals surface area contributed by atoms with E-state index in [1.807, 2.05) is 53.1 Å². The number of furan rings is 1. The molecule has 1 aliphatic rings. The number of hydrogen-bond acceptors (Lipinski definition) is 2. The maximum atomic E-state index is 8.91. The summed E-state index contributed by atoms with van der Waals surface area (Å²) in [5, 5.41) is 15.7. The fourth-order valence-corrected chi connectivity index (χ4v) is 6.07. The minimum Gasteiger partial charge on any atom is -0.455 e. The van der Waals surface area contributed by atoms with Crippen molar-refractivity contribution in [2.24, 2.45) is 4.99 Å². The van der Waals surface area contributed by atoms with Gasteiger partial charge in [-0.25, -0.2) is 4.99 Å². The van der Waals surface area contributed by atoms with Crippen molar-refractivity contribution < 1.29 is 4.42 Å². The molecule has 0 amide bonds.